The lowest BCUT2D eigenvalue weighted by Crippen LogP contribution is -2.27. The Bertz CT molecular complexity index is 2360. The summed E-state index contributed by atoms with van der Waals surface area (Å²) < 4.78 is 4.14. The van der Waals surface area contributed by atoms with Crippen molar-refractivity contribution in [1.29, 1.82) is 0 Å². The van der Waals surface area contributed by atoms with Crippen LogP contribution in [0.25, 0.3) is 43.6 Å². The van der Waals surface area contributed by atoms with Gasteiger partial charge in [-0.15, -0.1) is 0 Å². The Labute approximate surface area is 308 Å². The van der Waals surface area contributed by atoms with Crippen molar-refractivity contribution in [3.8, 4) is 0 Å². The largest absolute Gasteiger partial charge is 0.339 e. The Kier molecular flexibility index (Phi) is 8.61. The summed E-state index contributed by atoms with van der Waals surface area (Å²) in [4.78, 5) is 5.06. The molecule has 52 heavy (non-hydrogen) atoms. The third kappa shape index (κ3) is 5.77. The number of hydrogen-bond acceptors (Lipinski definition) is 4. The van der Waals surface area contributed by atoms with Crippen molar-refractivity contribution in [2.24, 2.45) is 16.1 Å². The lowest BCUT2D eigenvalue weighted by Gasteiger charge is -2.35. The van der Waals surface area contributed by atoms with Gasteiger partial charge in [-0.3, -0.25) is 0 Å². The lowest BCUT2D eigenvalue weighted by molar-refractivity contribution is 0.457. The molecule has 1 atom stereocenters. The average Bonchev–Trinajstić information content (AvgIpc) is 3.69. The Hall–Kier alpha value is -5.59. The number of unbranched alkanes of at least 4 members (excludes halogenated alkanes) is 1. The summed E-state index contributed by atoms with van der Waals surface area (Å²) in [6.45, 7) is 5.63. The van der Waals surface area contributed by atoms with E-state index in [4.69, 9.17) is 10.2 Å². The summed E-state index contributed by atoms with van der Waals surface area (Å²) in [5.74, 6) is 0.622. The van der Waals surface area contributed by atoms with E-state index >= 15 is 0 Å². The van der Waals surface area contributed by atoms with Crippen LogP contribution in [0.1, 0.15) is 50.7 Å². The molecule has 0 spiro atoms. The first-order valence-corrected chi connectivity index (χ1v) is 19.3. The molecule has 6 heteroatoms. The normalized spacial score (nSPS) is 13.6. The number of rotatable bonds is 10. The maximum absolute atomic E-state index is 5.06. The topological polar surface area (TPSA) is 37.8 Å². The van der Waals surface area contributed by atoms with Gasteiger partial charge in [0.1, 0.15) is 0 Å². The standard InChI is InChI=1S/C46H41N5S/c1-3-5-14-32(4-2)31-49-43-25-23-33(29-47-50-39-19-10-6-15-35(39)36-16-7-11-20-40(36)50)27-45(43)52-46-28-34(24-26-44(46)49)30-48-51-41-21-12-8-17-37(41)38-18-9-13-22-42(38)51/h6-13,15-30,32H,3-5,14,31H2,1-2H3/b47-29+,48-30+. The van der Waals surface area contributed by atoms with E-state index in [9.17, 15) is 0 Å². The van der Waals surface area contributed by atoms with Crippen molar-refractivity contribution in [3.05, 3.63) is 145 Å². The summed E-state index contributed by atoms with van der Waals surface area (Å²) in [6.07, 6.45) is 8.91. The highest BCUT2D eigenvalue weighted by atomic mass is 32.2. The van der Waals surface area contributed by atoms with Gasteiger partial charge in [-0.25, -0.2) is 9.35 Å². The maximum atomic E-state index is 5.06. The predicted octanol–water partition coefficient (Wildman–Crippen LogP) is 12.5. The second-order valence-electron chi connectivity index (χ2n) is 13.8. The quantitative estimate of drug-likeness (QED) is 0.134. The highest BCUT2D eigenvalue weighted by Crippen LogP contribution is 2.49. The van der Waals surface area contributed by atoms with Gasteiger partial charge in [0.05, 0.1) is 45.9 Å². The first kappa shape index (κ1) is 32.3. The zero-order chi connectivity index (χ0) is 35.0. The first-order valence-electron chi connectivity index (χ1n) is 18.5. The summed E-state index contributed by atoms with van der Waals surface area (Å²) in [5.41, 5.74) is 9.15. The Morgan fingerprint density at radius 2 is 0.981 bits per heavy atom. The smallest absolute Gasteiger partial charge is 0.0732 e. The number of fused-ring (bicyclic) bond motifs is 8. The van der Waals surface area contributed by atoms with Gasteiger partial charge in [0, 0.05) is 37.9 Å². The fourth-order valence-electron chi connectivity index (χ4n) is 7.75. The fraction of sp³-hybridized carbons (Fsp3) is 0.174. The van der Waals surface area contributed by atoms with E-state index in [1.54, 1.807) is 0 Å². The van der Waals surface area contributed by atoms with E-state index in [2.05, 4.69) is 162 Å². The molecule has 1 unspecified atom stereocenters. The van der Waals surface area contributed by atoms with Gasteiger partial charge < -0.3 is 4.90 Å². The van der Waals surface area contributed by atoms with Crippen LogP contribution in [-0.2, 0) is 0 Å². The van der Waals surface area contributed by atoms with E-state index in [1.165, 1.54) is 68.4 Å². The summed E-state index contributed by atoms with van der Waals surface area (Å²) in [6, 6.07) is 47.7. The van der Waals surface area contributed by atoms with E-state index in [0.717, 1.165) is 39.7 Å². The van der Waals surface area contributed by atoms with Crippen molar-refractivity contribution < 1.29 is 0 Å². The summed E-state index contributed by atoms with van der Waals surface area (Å²) >= 11 is 1.85. The highest BCUT2D eigenvalue weighted by molar-refractivity contribution is 7.99. The van der Waals surface area contributed by atoms with Crippen LogP contribution in [0.3, 0.4) is 0 Å². The Balaban J connectivity index is 1.08. The van der Waals surface area contributed by atoms with Gasteiger partial charge in [0.15, 0.2) is 0 Å². The van der Waals surface area contributed by atoms with Crippen LogP contribution < -0.4 is 4.90 Å². The van der Waals surface area contributed by atoms with Crippen molar-refractivity contribution in [1.82, 2.24) is 9.35 Å². The molecule has 6 aromatic carbocycles. The third-order valence-corrected chi connectivity index (χ3v) is 11.6. The Morgan fingerprint density at radius 1 is 0.558 bits per heavy atom. The van der Waals surface area contributed by atoms with Crippen molar-refractivity contribution in [2.45, 2.75) is 49.3 Å². The van der Waals surface area contributed by atoms with Crippen LogP contribution in [0.15, 0.2) is 153 Å². The molecule has 8 aromatic rings. The van der Waals surface area contributed by atoms with E-state index < -0.39 is 0 Å². The number of benzene rings is 6. The molecular weight excluding hydrogens is 655 g/mol. The molecule has 0 radical (unpaired) electrons. The molecule has 2 aromatic heterocycles. The minimum atomic E-state index is 0.622. The third-order valence-electron chi connectivity index (χ3n) is 10.5. The molecule has 1 aliphatic heterocycles. The minimum Gasteiger partial charge on any atom is -0.339 e. The van der Waals surface area contributed by atoms with Crippen LogP contribution in [0.4, 0.5) is 11.4 Å². The number of anilines is 2. The van der Waals surface area contributed by atoms with Crippen LogP contribution in [0, 0.1) is 5.92 Å². The van der Waals surface area contributed by atoms with Crippen LogP contribution in [-0.4, -0.2) is 28.3 Å². The summed E-state index contributed by atoms with van der Waals surface area (Å²) in [5, 5.41) is 15.0. The van der Waals surface area contributed by atoms with Crippen LogP contribution >= 0.6 is 11.8 Å². The van der Waals surface area contributed by atoms with E-state index in [-0.39, 0.29) is 0 Å². The van der Waals surface area contributed by atoms with Crippen LogP contribution in [0.5, 0.6) is 0 Å². The van der Waals surface area contributed by atoms with Crippen LogP contribution in [0.2, 0.25) is 0 Å². The van der Waals surface area contributed by atoms with Crippen molar-refractivity contribution >= 4 is 79.2 Å². The zero-order valence-electron chi connectivity index (χ0n) is 29.6. The molecule has 0 N–H and O–H groups in total. The monoisotopic (exact) mass is 695 g/mol. The van der Waals surface area contributed by atoms with Gasteiger partial charge in [-0.05, 0) is 72.0 Å². The lowest BCUT2D eigenvalue weighted by atomic mass is 9.98. The maximum Gasteiger partial charge on any atom is 0.0732 e. The molecule has 0 saturated carbocycles. The van der Waals surface area contributed by atoms with Gasteiger partial charge in [0.25, 0.3) is 0 Å². The van der Waals surface area contributed by atoms with Gasteiger partial charge in [-0.1, -0.05) is 130 Å². The van der Waals surface area contributed by atoms with Gasteiger partial charge in [0.2, 0.25) is 0 Å². The zero-order valence-corrected chi connectivity index (χ0v) is 30.4. The molecule has 0 fully saturated rings. The molecular formula is C46H41N5S. The molecule has 0 saturated heterocycles. The number of para-hydroxylation sites is 4. The number of nitrogens with zero attached hydrogens (tertiary/aromatic N) is 5. The van der Waals surface area contributed by atoms with Gasteiger partial charge >= 0.3 is 0 Å². The second kappa shape index (κ2) is 13.9. The molecule has 0 aliphatic carbocycles. The highest BCUT2D eigenvalue weighted by Gasteiger charge is 2.26. The molecule has 1 aliphatic rings. The molecule has 9 rings (SSSR count). The first-order chi connectivity index (χ1) is 25.7. The molecule has 3 heterocycles. The van der Waals surface area contributed by atoms with Crippen molar-refractivity contribution in [2.75, 3.05) is 11.4 Å². The molecule has 0 bridgehead atoms. The second-order valence-corrected chi connectivity index (χ2v) is 14.8. The van der Waals surface area contributed by atoms with Crippen molar-refractivity contribution in [3.63, 3.8) is 0 Å². The van der Waals surface area contributed by atoms with Gasteiger partial charge in [-0.2, -0.15) is 10.2 Å². The fourth-order valence-corrected chi connectivity index (χ4v) is 8.95. The average molecular weight is 696 g/mol. The molecule has 5 nitrogen and oxygen atoms in total. The minimum absolute atomic E-state index is 0.622. The van der Waals surface area contributed by atoms with E-state index in [0.29, 0.717) is 5.92 Å². The predicted molar refractivity (Wildman–Crippen MR) is 222 cm³/mol. The Morgan fingerprint density at radius 3 is 1.38 bits per heavy atom. The number of hydrogen-bond donors (Lipinski definition) is 0. The molecule has 256 valence electrons. The molecule has 0 amide bonds. The van der Waals surface area contributed by atoms with E-state index in [1.807, 2.05) is 24.2 Å². The number of aromatic nitrogens is 2. The summed E-state index contributed by atoms with van der Waals surface area (Å²) in [7, 11) is 0. The SMILES string of the molecule is CCCCC(CC)CN1c2ccc(/C=N/n3c4ccccc4c4ccccc43)cc2Sc2cc(/C=N/n3c4ccccc4c4ccccc43)ccc21.